The maximum atomic E-state index is 13.1. The molecule has 2 aromatic carbocycles. The van der Waals surface area contributed by atoms with E-state index in [1.165, 1.54) is 49.6 Å². The van der Waals surface area contributed by atoms with E-state index in [1.807, 2.05) is 35.2 Å². The van der Waals surface area contributed by atoms with Crippen molar-refractivity contribution in [3.8, 4) is 11.1 Å². The van der Waals surface area contributed by atoms with E-state index >= 15 is 0 Å². The molecule has 0 atom stereocenters. The maximum absolute atomic E-state index is 13.1. The van der Waals surface area contributed by atoms with E-state index in [2.05, 4.69) is 0 Å². The van der Waals surface area contributed by atoms with Crippen LogP contribution in [0.15, 0.2) is 53.4 Å². The standard InChI is InChI=1S/C23H22FNOS2/c24-19-13-11-18(12-14-19)17-9-7-16(8-10-17)15-21-22(26)25(23(27)28-21)20-5-3-1-2-4-6-20/h7-15,20H,1-6H2. The zero-order chi connectivity index (χ0) is 19.5. The van der Waals surface area contributed by atoms with Crippen LogP contribution >= 0.6 is 24.0 Å². The number of carbonyl (C=O) groups excluding carboxylic acids is 1. The van der Waals surface area contributed by atoms with Gasteiger partial charge in [-0.2, -0.15) is 0 Å². The quantitative estimate of drug-likeness (QED) is 0.330. The molecule has 0 unspecified atom stereocenters. The first kappa shape index (κ1) is 19.3. The molecule has 1 aliphatic heterocycles. The largest absolute Gasteiger partial charge is 0.290 e. The highest BCUT2D eigenvalue weighted by Gasteiger charge is 2.36. The predicted octanol–water partition coefficient (Wildman–Crippen LogP) is 6.42. The summed E-state index contributed by atoms with van der Waals surface area (Å²) in [4.78, 5) is 15.5. The second-order valence-corrected chi connectivity index (χ2v) is 9.00. The van der Waals surface area contributed by atoms with Gasteiger partial charge < -0.3 is 0 Å². The van der Waals surface area contributed by atoms with Gasteiger partial charge in [-0.3, -0.25) is 9.69 Å². The van der Waals surface area contributed by atoms with E-state index in [0.29, 0.717) is 9.23 Å². The number of hydrogen-bond acceptors (Lipinski definition) is 3. The highest BCUT2D eigenvalue weighted by atomic mass is 32.2. The number of nitrogens with zero attached hydrogens (tertiary/aromatic N) is 1. The van der Waals surface area contributed by atoms with E-state index in [-0.39, 0.29) is 17.8 Å². The lowest BCUT2D eigenvalue weighted by Crippen LogP contribution is -2.38. The van der Waals surface area contributed by atoms with Gasteiger partial charge in [-0.1, -0.05) is 86.1 Å². The van der Waals surface area contributed by atoms with E-state index in [1.54, 1.807) is 12.1 Å². The number of amides is 1. The van der Waals surface area contributed by atoms with Crippen molar-refractivity contribution in [3.05, 3.63) is 64.8 Å². The van der Waals surface area contributed by atoms with Gasteiger partial charge >= 0.3 is 0 Å². The Hall–Kier alpha value is -1.98. The molecule has 2 nitrogen and oxygen atoms in total. The van der Waals surface area contributed by atoms with Crippen molar-refractivity contribution in [1.29, 1.82) is 0 Å². The fourth-order valence-electron chi connectivity index (χ4n) is 3.88. The summed E-state index contributed by atoms with van der Waals surface area (Å²) in [6.45, 7) is 0. The summed E-state index contributed by atoms with van der Waals surface area (Å²) in [6.07, 6.45) is 8.86. The Labute approximate surface area is 174 Å². The number of thioether (sulfide) groups is 1. The van der Waals surface area contributed by atoms with Gasteiger partial charge in [0.15, 0.2) is 0 Å². The Balaban J connectivity index is 1.51. The first-order valence-corrected chi connectivity index (χ1v) is 11.0. The zero-order valence-electron chi connectivity index (χ0n) is 15.6. The molecule has 0 bridgehead atoms. The summed E-state index contributed by atoms with van der Waals surface area (Å²) in [5.41, 5.74) is 2.95. The SMILES string of the molecule is O=C1C(=Cc2ccc(-c3ccc(F)cc3)cc2)SC(=S)N1C1CCCCCC1. The minimum absolute atomic E-state index is 0.0458. The average Bonchev–Trinajstić information content (AvgIpc) is 2.88. The summed E-state index contributed by atoms with van der Waals surface area (Å²) in [6, 6.07) is 14.7. The summed E-state index contributed by atoms with van der Waals surface area (Å²) in [5, 5.41) is 0. The molecule has 1 saturated heterocycles. The summed E-state index contributed by atoms with van der Waals surface area (Å²) in [7, 11) is 0. The zero-order valence-corrected chi connectivity index (χ0v) is 17.2. The molecule has 1 heterocycles. The second kappa shape index (κ2) is 8.58. The highest BCUT2D eigenvalue weighted by molar-refractivity contribution is 8.26. The van der Waals surface area contributed by atoms with Crippen LogP contribution in [-0.2, 0) is 4.79 Å². The Morgan fingerprint density at radius 2 is 1.50 bits per heavy atom. The Morgan fingerprint density at radius 1 is 0.929 bits per heavy atom. The number of hydrogen-bond donors (Lipinski definition) is 0. The van der Waals surface area contributed by atoms with Crippen molar-refractivity contribution >= 4 is 40.3 Å². The first-order chi connectivity index (χ1) is 13.6. The Bertz CT molecular complexity index is 897. The van der Waals surface area contributed by atoms with Gasteiger partial charge in [0.2, 0.25) is 0 Å². The molecule has 0 spiro atoms. The van der Waals surface area contributed by atoms with Crippen LogP contribution in [0.4, 0.5) is 4.39 Å². The van der Waals surface area contributed by atoms with Gasteiger partial charge in [-0.05, 0) is 47.7 Å². The van der Waals surface area contributed by atoms with Gasteiger partial charge in [0.05, 0.1) is 4.91 Å². The fraction of sp³-hybridized carbons (Fsp3) is 0.304. The van der Waals surface area contributed by atoms with Crippen LogP contribution in [0.5, 0.6) is 0 Å². The van der Waals surface area contributed by atoms with Crippen molar-refractivity contribution in [2.24, 2.45) is 0 Å². The summed E-state index contributed by atoms with van der Waals surface area (Å²) < 4.78 is 13.8. The van der Waals surface area contributed by atoms with Gasteiger partial charge in [0, 0.05) is 6.04 Å². The molecule has 5 heteroatoms. The molecule has 144 valence electrons. The predicted molar refractivity (Wildman–Crippen MR) is 118 cm³/mol. The summed E-state index contributed by atoms with van der Waals surface area (Å²) >= 11 is 6.93. The third kappa shape index (κ3) is 4.20. The van der Waals surface area contributed by atoms with Gasteiger partial charge in [-0.15, -0.1) is 0 Å². The molecule has 2 aromatic rings. The molecular formula is C23H22FNOS2. The second-order valence-electron chi connectivity index (χ2n) is 7.33. The lowest BCUT2D eigenvalue weighted by atomic mass is 10.0. The number of rotatable bonds is 3. The molecular weight excluding hydrogens is 389 g/mol. The van der Waals surface area contributed by atoms with Crippen LogP contribution in [-0.4, -0.2) is 21.2 Å². The van der Waals surface area contributed by atoms with Crippen molar-refractivity contribution in [1.82, 2.24) is 4.90 Å². The highest BCUT2D eigenvalue weighted by Crippen LogP contribution is 2.37. The van der Waals surface area contributed by atoms with Gasteiger partial charge in [-0.25, -0.2) is 4.39 Å². The molecule has 1 saturated carbocycles. The normalized spacial score (nSPS) is 20.0. The Morgan fingerprint density at radius 3 is 2.11 bits per heavy atom. The smallest absolute Gasteiger partial charge is 0.266 e. The van der Waals surface area contributed by atoms with Crippen LogP contribution < -0.4 is 0 Å². The van der Waals surface area contributed by atoms with Crippen LogP contribution in [0, 0.1) is 5.82 Å². The lowest BCUT2D eigenvalue weighted by molar-refractivity contribution is -0.123. The molecule has 2 fully saturated rings. The third-order valence-electron chi connectivity index (χ3n) is 5.40. The molecule has 1 aliphatic carbocycles. The van der Waals surface area contributed by atoms with E-state index in [9.17, 15) is 9.18 Å². The topological polar surface area (TPSA) is 20.3 Å². The van der Waals surface area contributed by atoms with Crippen molar-refractivity contribution in [2.45, 2.75) is 44.6 Å². The van der Waals surface area contributed by atoms with Crippen LogP contribution in [0.1, 0.15) is 44.1 Å². The average molecular weight is 412 g/mol. The fourth-order valence-corrected chi connectivity index (χ4v) is 5.28. The Kier molecular flexibility index (Phi) is 5.93. The molecule has 2 aliphatic rings. The van der Waals surface area contributed by atoms with Crippen LogP contribution in [0.2, 0.25) is 0 Å². The van der Waals surface area contributed by atoms with E-state index in [0.717, 1.165) is 29.5 Å². The maximum Gasteiger partial charge on any atom is 0.266 e. The van der Waals surface area contributed by atoms with Gasteiger partial charge in [0.1, 0.15) is 10.1 Å². The van der Waals surface area contributed by atoms with Crippen LogP contribution in [0.25, 0.3) is 17.2 Å². The first-order valence-electron chi connectivity index (χ1n) is 9.75. The molecule has 1 amide bonds. The minimum Gasteiger partial charge on any atom is -0.290 e. The number of benzene rings is 2. The minimum atomic E-state index is -0.240. The van der Waals surface area contributed by atoms with E-state index < -0.39 is 0 Å². The van der Waals surface area contributed by atoms with E-state index in [4.69, 9.17) is 12.2 Å². The van der Waals surface area contributed by atoms with Crippen molar-refractivity contribution in [3.63, 3.8) is 0 Å². The monoisotopic (exact) mass is 411 g/mol. The lowest BCUT2D eigenvalue weighted by Gasteiger charge is -2.25. The third-order valence-corrected chi connectivity index (χ3v) is 6.73. The molecule has 0 radical (unpaired) electrons. The molecule has 4 rings (SSSR count). The molecule has 0 aromatic heterocycles. The number of thiocarbonyl (C=S) groups is 1. The molecule has 0 N–H and O–H groups in total. The van der Waals surface area contributed by atoms with Crippen molar-refractivity contribution < 1.29 is 9.18 Å². The van der Waals surface area contributed by atoms with Crippen LogP contribution in [0.3, 0.4) is 0 Å². The summed E-state index contributed by atoms with van der Waals surface area (Å²) in [5.74, 6) is -0.194. The number of carbonyl (C=O) groups is 1. The number of halogens is 1. The molecule has 28 heavy (non-hydrogen) atoms. The van der Waals surface area contributed by atoms with Crippen molar-refractivity contribution in [2.75, 3.05) is 0 Å². The van der Waals surface area contributed by atoms with Gasteiger partial charge in [0.25, 0.3) is 5.91 Å².